The molecule has 0 unspecified atom stereocenters. The molecule has 7 nitrogen and oxygen atoms in total. The van der Waals surface area contributed by atoms with E-state index in [1.54, 1.807) is 7.11 Å². The van der Waals surface area contributed by atoms with Crippen LogP contribution >= 0.6 is 0 Å². The van der Waals surface area contributed by atoms with Gasteiger partial charge in [0.25, 0.3) is 5.91 Å². The number of carbonyl (C=O) groups excluding carboxylic acids is 1. The van der Waals surface area contributed by atoms with Crippen molar-refractivity contribution >= 4 is 33.9 Å². The third kappa shape index (κ3) is 4.25. The zero-order chi connectivity index (χ0) is 19.9. The molecule has 3 aromatic rings. The van der Waals surface area contributed by atoms with Crippen molar-refractivity contribution in [3.8, 4) is 0 Å². The lowest BCUT2D eigenvalue weighted by Crippen LogP contribution is -2.26. The molecule has 1 amide bonds. The molecule has 0 bridgehead atoms. The number of nitrogens with zero attached hydrogens (tertiary/aromatic N) is 3. The number of benzene rings is 1. The normalized spacial score (nSPS) is 11.4. The number of anilines is 1. The van der Waals surface area contributed by atoms with Crippen LogP contribution in [-0.4, -0.2) is 40.7 Å². The second kappa shape index (κ2) is 9.50. The van der Waals surface area contributed by atoms with Crippen LogP contribution in [0.3, 0.4) is 0 Å². The summed E-state index contributed by atoms with van der Waals surface area (Å²) in [5, 5.41) is 2.92. The van der Waals surface area contributed by atoms with Crippen molar-refractivity contribution in [1.29, 1.82) is 0 Å². The van der Waals surface area contributed by atoms with Gasteiger partial charge >= 0.3 is 0 Å². The van der Waals surface area contributed by atoms with Gasteiger partial charge in [-0.1, -0.05) is 38.3 Å². The molecular formula is C21H29N5O2. The van der Waals surface area contributed by atoms with Crippen LogP contribution in [0.5, 0.6) is 0 Å². The smallest absolute Gasteiger partial charge is 0.257 e. The lowest BCUT2D eigenvalue weighted by Gasteiger charge is -2.08. The van der Waals surface area contributed by atoms with Gasteiger partial charge in [-0.15, -0.1) is 0 Å². The fourth-order valence-corrected chi connectivity index (χ4v) is 3.37. The van der Waals surface area contributed by atoms with Crippen molar-refractivity contribution in [2.24, 2.45) is 0 Å². The van der Waals surface area contributed by atoms with E-state index in [0.29, 0.717) is 35.7 Å². The van der Waals surface area contributed by atoms with Crippen molar-refractivity contribution < 1.29 is 9.53 Å². The summed E-state index contributed by atoms with van der Waals surface area (Å²) < 4.78 is 6.98. The van der Waals surface area contributed by atoms with E-state index < -0.39 is 0 Å². The molecule has 0 aliphatic carbocycles. The average Bonchev–Trinajstić information content (AvgIpc) is 2.97. The third-order valence-electron chi connectivity index (χ3n) is 4.86. The SMILES string of the molecule is CCCCCCn1c(N)c(C(=O)NCCCOC)c2nc3ccccc3nc21. The third-order valence-corrected chi connectivity index (χ3v) is 4.86. The average molecular weight is 383 g/mol. The highest BCUT2D eigenvalue weighted by Gasteiger charge is 2.23. The van der Waals surface area contributed by atoms with Crippen LogP contribution in [0.4, 0.5) is 5.82 Å². The first-order valence-electron chi connectivity index (χ1n) is 9.99. The van der Waals surface area contributed by atoms with Crippen molar-refractivity contribution in [2.45, 2.75) is 45.6 Å². The number of ether oxygens (including phenoxy) is 1. The van der Waals surface area contributed by atoms with Gasteiger partial charge in [-0.3, -0.25) is 4.79 Å². The highest BCUT2D eigenvalue weighted by molar-refractivity contribution is 6.10. The van der Waals surface area contributed by atoms with Crippen LogP contribution < -0.4 is 11.1 Å². The molecule has 0 aliphatic heterocycles. The molecule has 28 heavy (non-hydrogen) atoms. The van der Waals surface area contributed by atoms with Crippen LogP contribution in [0.2, 0.25) is 0 Å². The van der Waals surface area contributed by atoms with Gasteiger partial charge in [0.05, 0.1) is 11.0 Å². The summed E-state index contributed by atoms with van der Waals surface area (Å²) in [7, 11) is 1.65. The zero-order valence-electron chi connectivity index (χ0n) is 16.7. The number of amides is 1. The minimum absolute atomic E-state index is 0.213. The Kier molecular flexibility index (Phi) is 6.81. The van der Waals surface area contributed by atoms with E-state index >= 15 is 0 Å². The first-order valence-corrected chi connectivity index (χ1v) is 9.99. The summed E-state index contributed by atoms with van der Waals surface area (Å²) >= 11 is 0. The minimum atomic E-state index is -0.213. The lowest BCUT2D eigenvalue weighted by molar-refractivity contribution is 0.0951. The molecule has 0 saturated heterocycles. The lowest BCUT2D eigenvalue weighted by atomic mass is 10.2. The molecule has 0 saturated carbocycles. The minimum Gasteiger partial charge on any atom is -0.385 e. The van der Waals surface area contributed by atoms with Gasteiger partial charge in [0.1, 0.15) is 16.9 Å². The molecule has 0 spiro atoms. The maximum atomic E-state index is 12.9. The molecule has 0 radical (unpaired) electrons. The topological polar surface area (TPSA) is 95.1 Å². The predicted molar refractivity (Wildman–Crippen MR) is 112 cm³/mol. The molecule has 3 rings (SSSR count). The molecule has 2 heterocycles. The van der Waals surface area contributed by atoms with Crippen LogP contribution in [-0.2, 0) is 11.3 Å². The van der Waals surface area contributed by atoms with Crippen molar-refractivity contribution in [3.05, 3.63) is 29.8 Å². The molecule has 150 valence electrons. The fraction of sp³-hybridized carbons (Fsp3) is 0.476. The van der Waals surface area contributed by atoms with Gasteiger partial charge in [-0.25, -0.2) is 9.97 Å². The van der Waals surface area contributed by atoms with E-state index in [4.69, 9.17) is 20.4 Å². The molecule has 1 aromatic carbocycles. The molecule has 0 atom stereocenters. The number of hydrogen-bond acceptors (Lipinski definition) is 5. The van der Waals surface area contributed by atoms with Crippen molar-refractivity contribution in [1.82, 2.24) is 19.9 Å². The number of hydrogen-bond donors (Lipinski definition) is 2. The number of fused-ring (bicyclic) bond motifs is 2. The second-order valence-electron chi connectivity index (χ2n) is 6.96. The fourth-order valence-electron chi connectivity index (χ4n) is 3.37. The Balaban J connectivity index is 1.99. The highest BCUT2D eigenvalue weighted by atomic mass is 16.5. The number of carbonyl (C=O) groups is 1. The van der Waals surface area contributed by atoms with Gasteiger partial charge in [0.15, 0.2) is 5.65 Å². The van der Waals surface area contributed by atoms with E-state index in [2.05, 4.69) is 12.2 Å². The van der Waals surface area contributed by atoms with E-state index in [1.807, 2.05) is 28.8 Å². The predicted octanol–water partition coefficient (Wildman–Crippen LogP) is 3.51. The van der Waals surface area contributed by atoms with Gasteiger partial charge in [-0.05, 0) is 25.0 Å². The summed E-state index contributed by atoms with van der Waals surface area (Å²) in [5.74, 6) is 0.224. The maximum Gasteiger partial charge on any atom is 0.257 e. The van der Waals surface area contributed by atoms with E-state index in [0.717, 1.165) is 36.8 Å². The Morgan fingerprint density at radius 3 is 2.61 bits per heavy atom. The first kappa shape index (κ1) is 20.1. The summed E-state index contributed by atoms with van der Waals surface area (Å²) in [6.07, 6.45) is 5.20. The number of methoxy groups -OCH3 is 1. The van der Waals surface area contributed by atoms with E-state index in [-0.39, 0.29) is 5.91 Å². The number of aromatic nitrogens is 3. The van der Waals surface area contributed by atoms with Crippen LogP contribution in [0.25, 0.3) is 22.2 Å². The Morgan fingerprint density at radius 2 is 1.89 bits per heavy atom. The maximum absolute atomic E-state index is 12.9. The number of nitrogen functional groups attached to an aromatic ring is 1. The number of nitrogens with two attached hydrogens (primary N) is 1. The van der Waals surface area contributed by atoms with Gasteiger partial charge in [-0.2, -0.15) is 0 Å². The Labute approximate surface area is 165 Å². The summed E-state index contributed by atoms with van der Waals surface area (Å²) in [5.41, 5.74) is 9.64. The molecule has 0 aliphatic rings. The zero-order valence-corrected chi connectivity index (χ0v) is 16.7. The van der Waals surface area contributed by atoms with Crippen LogP contribution in [0.15, 0.2) is 24.3 Å². The summed E-state index contributed by atoms with van der Waals surface area (Å²) in [4.78, 5) is 22.3. The number of aryl methyl sites for hydroxylation is 1. The Hall–Kier alpha value is -2.67. The number of para-hydroxylation sites is 2. The van der Waals surface area contributed by atoms with Gasteiger partial charge < -0.3 is 20.4 Å². The standard InChI is InChI=1S/C21H29N5O2/c1-3-4-5-8-13-26-19(22)17(21(27)23-12-9-14-28-2)18-20(26)25-16-11-7-6-10-15(16)24-18/h6-7,10-11H,3-5,8-9,12-14,22H2,1-2H3,(H,23,27). The monoisotopic (exact) mass is 383 g/mol. The molecule has 3 N–H and O–H groups in total. The van der Waals surface area contributed by atoms with Gasteiger partial charge in [0.2, 0.25) is 0 Å². The van der Waals surface area contributed by atoms with E-state index in [9.17, 15) is 4.79 Å². The molecule has 7 heteroatoms. The van der Waals surface area contributed by atoms with Crippen LogP contribution in [0.1, 0.15) is 49.4 Å². The number of unbranched alkanes of at least 4 members (excludes halogenated alkanes) is 3. The van der Waals surface area contributed by atoms with Crippen molar-refractivity contribution in [3.63, 3.8) is 0 Å². The Bertz CT molecular complexity index is 951. The Morgan fingerprint density at radius 1 is 1.14 bits per heavy atom. The first-order chi connectivity index (χ1) is 13.7. The molecule has 0 fully saturated rings. The highest BCUT2D eigenvalue weighted by Crippen LogP contribution is 2.28. The molecule has 2 aromatic heterocycles. The van der Waals surface area contributed by atoms with Crippen LogP contribution in [0, 0.1) is 0 Å². The summed E-state index contributed by atoms with van der Waals surface area (Å²) in [6.45, 7) is 4.03. The number of nitrogens with one attached hydrogen (secondary N) is 1. The summed E-state index contributed by atoms with van der Waals surface area (Å²) in [6, 6.07) is 7.68. The quantitative estimate of drug-likeness (QED) is 0.522. The van der Waals surface area contributed by atoms with Crippen molar-refractivity contribution in [2.75, 3.05) is 26.0 Å². The molecular weight excluding hydrogens is 354 g/mol. The second-order valence-corrected chi connectivity index (χ2v) is 6.96. The van der Waals surface area contributed by atoms with Gasteiger partial charge in [0, 0.05) is 26.8 Å². The van der Waals surface area contributed by atoms with E-state index in [1.165, 1.54) is 12.8 Å². The number of rotatable bonds is 10. The largest absolute Gasteiger partial charge is 0.385 e.